The van der Waals surface area contributed by atoms with Crippen molar-refractivity contribution in [1.29, 1.82) is 0 Å². The maximum absolute atomic E-state index is 13.1. The Morgan fingerprint density at radius 3 is 2.77 bits per heavy atom. The topological polar surface area (TPSA) is 96.5 Å². The Labute approximate surface area is 182 Å². The van der Waals surface area contributed by atoms with Crippen molar-refractivity contribution in [3.8, 4) is 5.75 Å². The molecule has 0 atom stereocenters. The van der Waals surface area contributed by atoms with Crippen LogP contribution in [0.3, 0.4) is 0 Å². The minimum atomic E-state index is -0.520. The average Bonchev–Trinajstić information content (AvgIpc) is 3.19. The highest BCUT2D eigenvalue weighted by atomic mass is 32.1. The second kappa shape index (κ2) is 8.78. The Kier molecular flexibility index (Phi) is 5.92. The number of pyridine rings is 1. The van der Waals surface area contributed by atoms with E-state index in [0.29, 0.717) is 16.4 Å². The lowest BCUT2D eigenvalue weighted by molar-refractivity contribution is 0.102. The van der Waals surface area contributed by atoms with E-state index in [4.69, 9.17) is 4.74 Å². The lowest BCUT2D eigenvalue weighted by Gasteiger charge is -2.20. The zero-order valence-electron chi connectivity index (χ0n) is 16.9. The van der Waals surface area contributed by atoms with Crippen LogP contribution in [0.25, 0.3) is 0 Å². The summed E-state index contributed by atoms with van der Waals surface area (Å²) in [7, 11) is 3.51. The summed E-state index contributed by atoms with van der Waals surface area (Å²) in [5.74, 6) is -0.787. The number of thiazole rings is 1. The fourth-order valence-corrected chi connectivity index (χ4v) is 4.26. The second-order valence-electron chi connectivity index (χ2n) is 7.06. The normalized spacial score (nSPS) is 13.4. The van der Waals surface area contributed by atoms with Gasteiger partial charge in [0, 0.05) is 24.4 Å². The van der Waals surface area contributed by atoms with E-state index in [9.17, 15) is 14.0 Å². The number of halogens is 1. The van der Waals surface area contributed by atoms with Crippen LogP contribution in [0.5, 0.6) is 5.75 Å². The third-order valence-corrected chi connectivity index (χ3v) is 5.89. The molecule has 0 bridgehead atoms. The molecule has 0 spiro atoms. The van der Waals surface area contributed by atoms with Gasteiger partial charge in [0.15, 0.2) is 5.01 Å². The number of hydrogen-bond acceptors (Lipinski definition) is 7. The predicted molar refractivity (Wildman–Crippen MR) is 115 cm³/mol. The van der Waals surface area contributed by atoms with Crippen LogP contribution in [-0.2, 0) is 13.0 Å². The smallest absolute Gasteiger partial charge is 0.284 e. The van der Waals surface area contributed by atoms with Gasteiger partial charge in [0.1, 0.15) is 17.4 Å². The number of aromatic nitrogens is 2. The van der Waals surface area contributed by atoms with Crippen molar-refractivity contribution in [2.45, 2.75) is 13.0 Å². The number of anilines is 2. The fraction of sp³-hybridized carbons (Fsp3) is 0.238. The average molecular weight is 441 g/mol. The lowest BCUT2D eigenvalue weighted by Crippen LogP contribution is -2.25. The quantitative estimate of drug-likeness (QED) is 0.631. The number of carbonyl (C=O) groups is 2. The summed E-state index contributed by atoms with van der Waals surface area (Å²) < 4.78 is 18.3. The molecule has 3 heterocycles. The highest BCUT2D eigenvalue weighted by Crippen LogP contribution is 2.27. The van der Waals surface area contributed by atoms with Gasteiger partial charge in [-0.15, -0.1) is 11.3 Å². The largest absolute Gasteiger partial charge is 0.497 e. The van der Waals surface area contributed by atoms with Gasteiger partial charge in [0.2, 0.25) is 0 Å². The molecular weight excluding hydrogens is 421 g/mol. The minimum absolute atomic E-state index is 0.180. The maximum Gasteiger partial charge on any atom is 0.284 e. The number of hydrogen-bond donors (Lipinski definition) is 2. The van der Waals surface area contributed by atoms with E-state index in [1.165, 1.54) is 36.6 Å². The minimum Gasteiger partial charge on any atom is -0.497 e. The number of ether oxygens (including phenoxy) is 1. The molecule has 1 aliphatic heterocycles. The van der Waals surface area contributed by atoms with E-state index in [-0.39, 0.29) is 17.3 Å². The van der Waals surface area contributed by atoms with E-state index in [2.05, 4.69) is 25.5 Å². The van der Waals surface area contributed by atoms with Crippen molar-refractivity contribution in [3.63, 3.8) is 0 Å². The zero-order valence-corrected chi connectivity index (χ0v) is 17.8. The van der Waals surface area contributed by atoms with Gasteiger partial charge >= 0.3 is 0 Å². The van der Waals surface area contributed by atoms with E-state index in [1.807, 2.05) is 7.05 Å². The summed E-state index contributed by atoms with van der Waals surface area (Å²) in [5.41, 5.74) is 1.43. The summed E-state index contributed by atoms with van der Waals surface area (Å²) in [5, 5.41) is 5.72. The molecule has 1 aliphatic rings. The molecule has 0 saturated heterocycles. The predicted octanol–water partition coefficient (Wildman–Crippen LogP) is 3.18. The van der Waals surface area contributed by atoms with Crippen LogP contribution in [0.15, 0.2) is 36.5 Å². The van der Waals surface area contributed by atoms with E-state index in [0.717, 1.165) is 36.3 Å². The number of amides is 2. The van der Waals surface area contributed by atoms with Gasteiger partial charge in [0.05, 0.1) is 30.3 Å². The molecular formula is C21H20FN5O3S. The first-order valence-corrected chi connectivity index (χ1v) is 10.3. The number of fused-ring (bicyclic) bond motifs is 1. The molecule has 2 amide bonds. The van der Waals surface area contributed by atoms with Crippen molar-refractivity contribution >= 4 is 34.7 Å². The first kappa shape index (κ1) is 20.9. The third-order valence-electron chi connectivity index (χ3n) is 4.80. The molecule has 0 saturated carbocycles. The monoisotopic (exact) mass is 441 g/mol. The Morgan fingerprint density at radius 1 is 1.19 bits per heavy atom. The molecule has 0 radical (unpaired) electrons. The van der Waals surface area contributed by atoms with Crippen LogP contribution >= 0.6 is 11.3 Å². The molecule has 0 aliphatic carbocycles. The van der Waals surface area contributed by atoms with Crippen molar-refractivity contribution < 1.29 is 18.7 Å². The molecule has 31 heavy (non-hydrogen) atoms. The maximum atomic E-state index is 13.1. The van der Waals surface area contributed by atoms with E-state index in [1.54, 1.807) is 12.1 Å². The number of rotatable bonds is 5. The molecule has 2 aromatic heterocycles. The molecule has 2 N–H and O–H groups in total. The standard InChI is InChI=1S/C21H20FN5O3S/c1-27-8-7-16-17(11-27)31-21(25-16)20(29)24-15-5-4-13(30-2)9-14(15)19(28)26-18-6-3-12(22)10-23-18/h3-6,9-10H,7-8,11H2,1-2H3,(H,24,29)(H,23,26,28). The van der Waals surface area contributed by atoms with Crippen molar-refractivity contribution in [2.75, 3.05) is 31.3 Å². The van der Waals surface area contributed by atoms with Crippen LogP contribution in [0.2, 0.25) is 0 Å². The summed E-state index contributed by atoms with van der Waals surface area (Å²) in [6, 6.07) is 7.28. The van der Waals surface area contributed by atoms with Crippen LogP contribution < -0.4 is 15.4 Å². The molecule has 3 aromatic rings. The first-order valence-electron chi connectivity index (χ1n) is 9.52. The summed E-state index contributed by atoms with van der Waals surface area (Å²) in [6.07, 6.45) is 1.81. The third kappa shape index (κ3) is 4.70. The zero-order chi connectivity index (χ0) is 22.0. The number of methoxy groups -OCH3 is 1. The second-order valence-corrected chi connectivity index (χ2v) is 8.14. The van der Waals surface area contributed by atoms with Gasteiger partial charge < -0.3 is 20.3 Å². The number of likely N-dealkylation sites (N-methyl/N-ethyl adjacent to an activating group) is 1. The lowest BCUT2D eigenvalue weighted by atomic mass is 10.1. The molecule has 0 fully saturated rings. The van der Waals surface area contributed by atoms with E-state index >= 15 is 0 Å². The van der Waals surface area contributed by atoms with Gasteiger partial charge in [0.25, 0.3) is 11.8 Å². The molecule has 1 aromatic carbocycles. The first-order chi connectivity index (χ1) is 14.9. The molecule has 10 heteroatoms. The Bertz CT molecular complexity index is 1130. The highest BCUT2D eigenvalue weighted by molar-refractivity contribution is 7.13. The molecule has 0 unspecified atom stereocenters. The molecule has 160 valence electrons. The van der Waals surface area contributed by atoms with Crippen LogP contribution in [0.4, 0.5) is 15.9 Å². The number of nitrogens with one attached hydrogen (secondary N) is 2. The van der Waals surface area contributed by atoms with Crippen LogP contribution in [-0.4, -0.2) is 47.4 Å². The fourth-order valence-electron chi connectivity index (χ4n) is 3.18. The van der Waals surface area contributed by atoms with Crippen LogP contribution in [0, 0.1) is 5.82 Å². The Morgan fingerprint density at radius 2 is 2.03 bits per heavy atom. The van der Waals surface area contributed by atoms with Crippen LogP contribution in [0.1, 0.15) is 30.7 Å². The van der Waals surface area contributed by atoms with Crippen molar-refractivity contribution in [1.82, 2.24) is 14.9 Å². The Balaban J connectivity index is 1.57. The van der Waals surface area contributed by atoms with Gasteiger partial charge in [-0.1, -0.05) is 0 Å². The molecule has 4 rings (SSSR count). The number of benzene rings is 1. The Hall–Kier alpha value is -3.37. The summed E-state index contributed by atoms with van der Waals surface area (Å²) >= 11 is 1.36. The SMILES string of the molecule is COc1ccc(NC(=O)c2nc3c(s2)CN(C)CC3)c(C(=O)Nc2ccc(F)cn2)c1. The highest BCUT2D eigenvalue weighted by Gasteiger charge is 2.23. The summed E-state index contributed by atoms with van der Waals surface area (Å²) in [4.78, 5) is 37.2. The van der Waals surface area contributed by atoms with Gasteiger partial charge in [-0.3, -0.25) is 9.59 Å². The molecule has 8 nitrogen and oxygen atoms in total. The van der Waals surface area contributed by atoms with E-state index < -0.39 is 11.7 Å². The van der Waals surface area contributed by atoms with Gasteiger partial charge in [-0.25, -0.2) is 14.4 Å². The summed E-state index contributed by atoms with van der Waals surface area (Å²) in [6.45, 7) is 1.67. The van der Waals surface area contributed by atoms with Gasteiger partial charge in [-0.05, 0) is 37.4 Å². The number of nitrogens with zero attached hydrogens (tertiary/aromatic N) is 3. The van der Waals surface area contributed by atoms with Crippen molar-refractivity contribution in [2.24, 2.45) is 0 Å². The van der Waals surface area contributed by atoms with Gasteiger partial charge in [-0.2, -0.15) is 0 Å². The van der Waals surface area contributed by atoms with Crippen molar-refractivity contribution in [3.05, 3.63) is 63.5 Å². The number of carbonyl (C=O) groups excluding carboxylic acids is 2.